The zero-order chi connectivity index (χ0) is 11.8. The van der Waals surface area contributed by atoms with E-state index in [4.69, 9.17) is 19.7 Å². The van der Waals surface area contributed by atoms with Crippen LogP contribution < -0.4 is 15.2 Å². The summed E-state index contributed by atoms with van der Waals surface area (Å²) in [7, 11) is 0. The molecule has 5 heteroatoms. The summed E-state index contributed by atoms with van der Waals surface area (Å²) in [5, 5.41) is 3.68. The van der Waals surface area contributed by atoms with Crippen LogP contribution in [0, 0.1) is 6.92 Å². The van der Waals surface area contributed by atoms with Crippen LogP contribution in [0.15, 0.2) is 22.7 Å². The van der Waals surface area contributed by atoms with E-state index in [1.165, 1.54) is 0 Å². The highest BCUT2D eigenvalue weighted by Gasteiger charge is 2.16. The number of hydrogen-bond donors (Lipinski definition) is 1. The normalized spacial score (nSPS) is 13.7. The van der Waals surface area contributed by atoms with Crippen molar-refractivity contribution in [3.8, 4) is 22.8 Å². The van der Waals surface area contributed by atoms with Crippen LogP contribution in [-0.2, 0) is 0 Å². The number of ether oxygens (including phenoxy) is 2. The minimum atomic E-state index is 0.370. The lowest BCUT2D eigenvalue weighted by atomic mass is 10.1. The Labute approximate surface area is 98.1 Å². The zero-order valence-electron chi connectivity index (χ0n) is 9.40. The van der Waals surface area contributed by atoms with Crippen molar-refractivity contribution in [2.75, 3.05) is 18.9 Å². The molecule has 1 aromatic carbocycles. The molecule has 17 heavy (non-hydrogen) atoms. The van der Waals surface area contributed by atoms with Crippen molar-refractivity contribution >= 4 is 5.82 Å². The summed E-state index contributed by atoms with van der Waals surface area (Å²) in [4.78, 5) is 0. The van der Waals surface area contributed by atoms with Crippen molar-refractivity contribution in [3.63, 3.8) is 0 Å². The van der Waals surface area contributed by atoms with Gasteiger partial charge < -0.3 is 19.7 Å². The molecule has 0 saturated carbocycles. The molecule has 0 atom stereocenters. The molecule has 0 radical (unpaired) electrons. The van der Waals surface area contributed by atoms with Gasteiger partial charge in [-0.2, -0.15) is 0 Å². The fraction of sp³-hybridized carbons (Fsp3) is 0.250. The number of nitrogens with two attached hydrogens (primary N) is 1. The first-order chi connectivity index (χ1) is 8.24. The molecule has 0 amide bonds. The first-order valence-electron chi connectivity index (χ1n) is 5.37. The standard InChI is InChI=1S/C12H12N2O3/c1-7-4-10-11(16-3-2-15-10)5-8(7)9-6-12(13)14-17-9/h4-6H,2-3H2,1H3,(H2,13,14). The Morgan fingerprint density at radius 1 is 1.12 bits per heavy atom. The molecule has 0 fully saturated rings. The fourth-order valence-corrected chi connectivity index (χ4v) is 1.87. The number of rotatable bonds is 1. The van der Waals surface area contributed by atoms with Gasteiger partial charge >= 0.3 is 0 Å². The van der Waals surface area contributed by atoms with Gasteiger partial charge in [0.15, 0.2) is 23.1 Å². The van der Waals surface area contributed by atoms with Crippen molar-refractivity contribution in [2.45, 2.75) is 6.92 Å². The molecule has 1 aliphatic heterocycles. The van der Waals surface area contributed by atoms with Gasteiger partial charge in [-0.25, -0.2) is 0 Å². The summed E-state index contributed by atoms with van der Waals surface area (Å²) in [5.41, 5.74) is 7.49. The molecule has 1 aromatic heterocycles. The maximum atomic E-state index is 5.54. The predicted octanol–water partition coefficient (Wildman–Crippen LogP) is 2.00. The molecule has 0 spiro atoms. The molecule has 3 rings (SSSR count). The molecular weight excluding hydrogens is 220 g/mol. The van der Waals surface area contributed by atoms with E-state index in [2.05, 4.69) is 5.16 Å². The van der Waals surface area contributed by atoms with Gasteiger partial charge in [-0.05, 0) is 24.6 Å². The average molecular weight is 232 g/mol. The van der Waals surface area contributed by atoms with Crippen LogP contribution in [0.4, 0.5) is 5.82 Å². The van der Waals surface area contributed by atoms with Crippen LogP contribution in [-0.4, -0.2) is 18.4 Å². The second-order valence-electron chi connectivity index (χ2n) is 3.93. The second-order valence-corrected chi connectivity index (χ2v) is 3.93. The average Bonchev–Trinajstić information content (AvgIpc) is 2.75. The van der Waals surface area contributed by atoms with E-state index in [1.807, 2.05) is 19.1 Å². The van der Waals surface area contributed by atoms with E-state index in [0.717, 1.165) is 22.6 Å². The lowest BCUT2D eigenvalue weighted by Crippen LogP contribution is -2.15. The third-order valence-corrected chi connectivity index (χ3v) is 2.68. The van der Waals surface area contributed by atoms with Crippen molar-refractivity contribution in [1.29, 1.82) is 0 Å². The monoisotopic (exact) mass is 232 g/mol. The summed E-state index contributed by atoms with van der Waals surface area (Å²) in [6, 6.07) is 5.52. The molecule has 0 aliphatic carbocycles. The molecule has 0 saturated heterocycles. The Bertz CT molecular complexity index is 563. The smallest absolute Gasteiger partial charge is 0.169 e. The number of nitrogen functional groups attached to an aromatic ring is 1. The molecule has 88 valence electrons. The van der Waals surface area contributed by atoms with Gasteiger partial charge in [0.1, 0.15) is 13.2 Å². The maximum absolute atomic E-state index is 5.54. The SMILES string of the molecule is Cc1cc2c(cc1-c1cc(N)no1)OCCO2. The van der Waals surface area contributed by atoms with Gasteiger partial charge in [-0.1, -0.05) is 5.16 Å². The Hall–Kier alpha value is -2.17. The van der Waals surface area contributed by atoms with Crippen LogP contribution in [0.3, 0.4) is 0 Å². The highest BCUT2D eigenvalue weighted by molar-refractivity contribution is 5.68. The first-order valence-corrected chi connectivity index (χ1v) is 5.37. The summed E-state index contributed by atoms with van der Waals surface area (Å²) in [5.74, 6) is 2.50. The summed E-state index contributed by atoms with van der Waals surface area (Å²) < 4.78 is 16.2. The van der Waals surface area contributed by atoms with Gasteiger partial charge in [0, 0.05) is 11.6 Å². The predicted molar refractivity (Wildman–Crippen MR) is 62.1 cm³/mol. The summed E-state index contributed by atoms with van der Waals surface area (Å²) >= 11 is 0. The zero-order valence-corrected chi connectivity index (χ0v) is 9.40. The van der Waals surface area contributed by atoms with E-state index < -0.39 is 0 Å². The summed E-state index contributed by atoms with van der Waals surface area (Å²) in [6.45, 7) is 3.13. The number of anilines is 1. The molecule has 2 aromatic rings. The molecule has 2 N–H and O–H groups in total. The van der Waals surface area contributed by atoms with Gasteiger partial charge in [0.25, 0.3) is 0 Å². The van der Waals surface area contributed by atoms with E-state index in [1.54, 1.807) is 6.07 Å². The Kier molecular flexibility index (Phi) is 2.18. The number of aromatic nitrogens is 1. The minimum Gasteiger partial charge on any atom is -0.486 e. The lowest BCUT2D eigenvalue weighted by Gasteiger charge is -2.19. The molecule has 1 aliphatic rings. The van der Waals surface area contributed by atoms with E-state index >= 15 is 0 Å². The molecular formula is C12H12N2O3. The van der Waals surface area contributed by atoms with Crippen LogP contribution in [0.2, 0.25) is 0 Å². The topological polar surface area (TPSA) is 70.5 Å². The largest absolute Gasteiger partial charge is 0.486 e. The highest BCUT2D eigenvalue weighted by atomic mass is 16.6. The first kappa shape index (κ1) is 10.0. The van der Waals surface area contributed by atoms with Crippen LogP contribution in [0.25, 0.3) is 11.3 Å². The second kappa shape index (κ2) is 3.69. The molecule has 0 bridgehead atoms. The Balaban J connectivity index is 2.11. The van der Waals surface area contributed by atoms with Gasteiger partial charge in [0.05, 0.1) is 0 Å². The van der Waals surface area contributed by atoms with E-state index in [-0.39, 0.29) is 0 Å². The Morgan fingerprint density at radius 2 is 1.82 bits per heavy atom. The molecule has 5 nitrogen and oxygen atoms in total. The third kappa shape index (κ3) is 1.69. The number of aryl methyl sites for hydroxylation is 1. The van der Waals surface area contributed by atoms with Crippen LogP contribution in [0.5, 0.6) is 11.5 Å². The highest BCUT2D eigenvalue weighted by Crippen LogP contribution is 2.37. The number of benzene rings is 1. The Morgan fingerprint density at radius 3 is 2.47 bits per heavy atom. The van der Waals surface area contributed by atoms with E-state index in [0.29, 0.717) is 24.8 Å². The van der Waals surface area contributed by atoms with E-state index in [9.17, 15) is 0 Å². The van der Waals surface area contributed by atoms with Crippen molar-refractivity contribution in [3.05, 3.63) is 23.8 Å². The van der Waals surface area contributed by atoms with Crippen molar-refractivity contribution in [2.24, 2.45) is 0 Å². The molecule has 0 unspecified atom stereocenters. The minimum absolute atomic E-state index is 0.370. The lowest BCUT2D eigenvalue weighted by molar-refractivity contribution is 0.171. The number of fused-ring (bicyclic) bond motifs is 1. The van der Waals surface area contributed by atoms with Crippen LogP contribution >= 0.6 is 0 Å². The summed E-state index contributed by atoms with van der Waals surface area (Å²) in [6.07, 6.45) is 0. The third-order valence-electron chi connectivity index (χ3n) is 2.68. The number of nitrogens with zero attached hydrogens (tertiary/aromatic N) is 1. The van der Waals surface area contributed by atoms with Crippen molar-refractivity contribution in [1.82, 2.24) is 5.16 Å². The van der Waals surface area contributed by atoms with Gasteiger partial charge in [0.2, 0.25) is 0 Å². The van der Waals surface area contributed by atoms with Crippen molar-refractivity contribution < 1.29 is 14.0 Å². The quantitative estimate of drug-likeness (QED) is 0.814. The molecule has 2 heterocycles. The van der Waals surface area contributed by atoms with Crippen LogP contribution in [0.1, 0.15) is 5.56 Å². The fourth-order valence-electron chi connectivity index (χ4n) is 1.87. The van der Waals surface area contributed by atoms with Gasteiger partial charge in [-0.15, -0.1) is 0 Å². The number of hydrogen-bond acceptors (Lipinski definition) is 5. The van der Waals surface area contributed by atoms with Gasteiger partial charge in [-0.3, -0.25) is 0 Å². The maximum Gasteiger partial charge on any atom is 0.169 e.